The Labute approximate surface area is 203 Å². The minimum absolute atomic E-state index is 0.0942. The van der Waals surface area contributed by atoms with Crippen molar-refractivity contribution in [2.75, 3.05) is 0 Å². The highest BCUT2D eigenvalue weighted by Crippen LogP contribution is 2.36. The second kappa shape index (κ2) is 9.65. The van der Waals surface area contributed by atoms with Crippen molar-refractivity contribution in [2.24, 2.45) is 0 Å². The van der Waals surface area contributed by atoms with Gasteiger partial charge in [0.25, 0.3) is 0 Å². The van der Waals surface area contributed by atoms with Gasteiger partial charge < -0.3 is 4.42 Å². The molecule has 0 radical (unpaired) electrons. The molecule has 5 rings (SSSR count). The zero-order chi connectivity index (χ0) is 23.5. The summed E-state index contributed by atoms with van der Waals surface area (Å²) in [5.74, 6) is 1.97. The quantitative estimate of drug-likeness (QED) is 0.259. The summed E-state index contributed by atoms with van der Waals surface area (Å²) in [6.07, 6.45) is 0.689. The molecule has 7 heteroatoms. The average Bonchev–Trinajstić information content (AvgIpc) is 3.49. The summed E-state index contributed by atoms with van der Waals surface area (Å²) in [6, 6.07) is 26.6. The van der Waals surface area contributed by atoms with Gasteiger partial charge in [-0.2, -0.15) is 0 Å². The zero-order valence-electron chi connectivity index (χ0n) is 19.3. The van der Waals surface area contributed by atoms with Crippen molar-refractivity contribution in [1.29, 1.82) is 0 Å². The molecule has 0 saturated carbocycles. The molecule has 2 aromatic heterocycles. The van der Waals surface area contributed by atoms with Crippen LogP contribution in [0.5, 0.6) is 0 Å². The molecule has 6 nitrogen and oxygen atoms in total. The van der Waals surface area contributed by atoms with Gasteiger partial charge in [-0.25, -0.2) is 0 Å². The van der Waals surface area contributed by atoms with Crippen LogP contribution in [0.1, 0.15) is 40.6 Å². The number of aryl methyl sites for hydroxylation is 2. The highest BCUT2D eigenvalue weighted by molar-refractivity contribution is 7.99. The Morgan fingerprint density at radius 3 is 2.32 bits per heavy atom. The molecule has 0 fully saturated rings. The standard InChI is InChI=1S/C27H25N5OS/c1-18-14-15-23(19(2)16-18)32-24(17-21-10-6-4-7-11-21)28-31-27(32)34-20(3)25-29-30-26(33-25)22-12-8-5-9-13-22/h4-16,20H,17H2,1-3H3. The summed E-state index contributed by atoms with van der Waals surface area (Å²) in [5.41, 5.74) is 5.57. The minimum atomic E-state index is -0.0942. The monoisotopic (exact) mass is 467 g/mol. The van der Waals surface area contributed by atoms with Gasteiger partial charge in [0.05, 0.1) is 10.9 Å². The number of hydrogen-bond acceptors (Lipinski definition) is 6. The lowest BCUT2D eigenvalue weighted by atomic mass is 10.1. The molecule has 0 aliphatic heterocycles. The van der Waals surface area contributed by atoms with Crippen LogP contribution in [0.4, 0.5) is 0 Å². The molecule has 0 bridgehead atoms. The first-order chi connectivity index (χ1) is 16.6. The van der Waals surface area contributed by atoms with E-state index in [2.05, 4.69) is 69.1 Å². The van der Waals surface area contributed by atoms with Crippen LogP contribution in [0, 0.1) is 13.8 Å². The van der Waals surface area contributed by atoms with E-state index in [-0.39, 0.29) is 5.25 Å². The molecule has 1 unspecified atom stereocenters. The normalized spacial score (nSPS) is 12.1. The Morgan fingerprint density at radius 1 is 0.853 bits per heavy atom. The van der Waals surface area contributed by atoms with Crippen molar-refractivity contribution in [2.45, 2.75) is 37.6 Å². The number of benzene rings is 3. The second-order valence-electron chi connectivity index (χ2n) is 8.26. The van der Waals surface area contributed by atoms with Crippen LogP contribution in [0.2, 0.25) is 0 Å². The third kappa shape index (κ3) is 4.65. The molecule has 5 aromatic rings. The van der Waals surface area contributed by atoms with Crippen molar-refractivity contribution >= 4 is 11.8 Å². The number of thioether (sulfide) groups is 1. The van der Waals surface area contributed by atoms with Crippen LogP contribution >= 0.6 is 11.8 Å². The fourth-order valence-electron chi connectivity index (χ4n) is 3.87. The first-order valence-corrected chi connectivity index (χ1v) is 12.1. The lowest BCUT2D eigenvalue weighted by molar-refractivity contribution is 0.509. The third-order valence-corrected chi connectivity index (χ3v) is 6.62. The molecule has 0 spiro atoms. The lowest BCUT2D eigenvalue weighted by Gasteiger charge is -2.14. The van der Waals surface area contributed by atoms with Gasteiger partial charge in [-0.3, -0.25) is 4.57 Å². The third-order valence-electron chi connectivity index (χ3n) is 5.59. The average molecular weight is 468 g/mol. The molecule has 170 valence electrons. The van der Waals surface area contributed by atoms with Gasteiger partial charge in [0.2, 0.25) is 11.8 Å². The van der Waals surface area contributed by atoms with E-state index in [0.29, 0.717) is 18.2 Å². The van der Waals surface area contributed by atoms with Crippen LogP contribution in [0.3, 0.4) is 0 Å². The fourth-order valence-corrected chi connectivity index (χ4v) is 4.78. The first-order valence-electron chi connectivity index (χ1n) is 11.2. The van der Waals surface area contributed by atoms with Crippen molar-refractivity contribution in [3.8, 4) is 17.1 Å². The summed E-state index contributed by atoms with van der Waals surface area (Å²) in [5, 5.41) is 18.4. The molecule has 0 N–H and O–H groups in total. The Balaban J connectivity index is 1.48. The van der Waals surface area contributed by atoms with Crippen LogP contribution in [-0.2, 0) is 6.42 Å². The molecule has 3 aromatic carbocycles. The predicted octanol–water partition coefficient (Wildman–Crippen LogP) is 6.38. The number of rotatable bonds is 7. The molecule has 0 aliphatic carbocycles. The Morgan fingerprint density at radius 2 is 1.59 bits per heavy atom. The van der Waals surface area contributed by atoms with E-state index in [9.17, 15) is 0 Å². The Hall–Kier alpha value is -3.71. The number of aromatic nitrogens is 5. The maximum atomic E-state index is 5.99. The van der Waals surface area contributed by atoms with Crippen LogP contribution in [-0.4, -0.2) is 25.0 Å². The fraction of sp³-hybridized carbons (Fsp3) is 0.185. The smallest absolute Gasteiger partial charge is 0.247 e. The van der Waals surface area contributed by atoms with Gasteiger partial charge >= 0.3 is 0 Å². The SMILES string of the molecule is Cc1ccc(-n2c(Cc3ccccc3)nnc2SC(C)c2nnc(-c3ccccc3)o2)c(C)c1. The van der Waals surface area contributed by atoms with Crippen molar-refractivity contribution < 1.29 is 4.42 Å². The molecule has 0 saturated heterocycles. The van der Waals surface area contributed by atoms with Crippen molar-refractivity contribution in [1.82, 2.24) is 25.0 Å². The Bertz CT molecular complexity index is 1400. The Kier molecular flexibility index (Phi) is 6.27. The van der Waals surface area contributed by atoms with Crippen LogP contribution < -0.4 is 0 Å². The summed E-state index contributed by atoms with van der Waals surface area (Å²) in [6.45, 7) is 6.27. The molecule has 34 heavy (non-hydrogen) atoms. The van der Waals surface area contributed by atoms with Crippen molar-refractivity contribution in [3.63, 3.8) is 0 Å². The van der Waals surface area contributed by atoms with Gasteiger partial charge in [-0.05, 0) is 50.1 Å². The van der Waals surface area contributed by atoms with Crippen LogP contribution in [0.25, 0.3) is 17.1 Å². The number of hydrogen-bond donors (Lipinski definition) is 0. The van der Waals surface area contributed by atoms with Gasteiger partial charge in [0.15, 0.2) is 5.16 Å². The molecular formula is C27H25N5OS. The molecule has 2 heterocycles. The van der Waals surface area contributed by atoms with E-state index < -0.39 is 0 Å². The van der Waals surface area contributed by atoms with Gasteiger partial charge in [-0.15, -0.1) is 20.4 Å². The van der Waals surface area contributed by atoms with E-state index in [1.165, 1.54) is 16.7 Å². The second-order valence-corrected chi connectivity index (χ2v) is 9.57. The predicted molar refractivity (Wildman–Crippen MR) is 134 cm³/mol. The molecule has 0 amide bonds. The zero-order valence-corrected chi connectivity index (χ0v) is 20.2. The van der Waals surface area contributed by atoms with E-state index >= 15 is 0 Å². The number of nitrogens with zero attached hydrogens (tertiary/aromatic N) is 5. The lowest BCUT2D eigenvalue weighted by Crippen LogP contribution is -2.06. The minimum Gasteiger partial charge on any atom is -0.419 e. The van der Waals surface area contributed by atoms with Crippen molar-refractivity contribution in [3.05, 3.63) is 107 Å². The summed E-state index contributed by atoms with van der Waals surface area (Å²) in [4.78, 5) is 0. The van der Waals surface area contributed by atoms with Crippen LogP contribution in [0.15, 0.2) is 88.4 Å². The van der Waals surface area contributed by atoms with E-state index in [0.717, 1.165) is 22.2 Å². The molecule has 1 atom stereocenters. The van der Waals surface area contributed by atoms with Gasteiger partial charge in [0.1, 0.15) is 5.82 Å². The van der Waals surface area contributed by atoms with E-state index in [1.54, 1.807) is 11.8 Å². The van der Waals surface area contributed by atoms with Gasteiger partial charge in [0, 0.05) is 12.0 Å². The van der Waals surface area contributed by atoms with E-state index in [4.69, 9.17) is 4.42 Å². The molecular weight excluding hydrogens is 442 g/mol. The highest BCUT2D eigenvalue weighted by atomic mass is 32.2. The van der Waals surface area contributed by atoms with E-state index in [1.807, 2.05) is 55.5 Å². The summed E-state index contributed by atoms with van der Waals surface area (Å²) < 4.78 is 8.14. The largest absolute Gasteiger partial charge is 0.419 e. The maximum Gasteiger partial charge on any atom is 0.247 e. The highest BCUT2D eigenvalue weighted by Gasteiger charge is 2.22. The topological polar surface area (TPSA) is 69.6 Å². The first kappa shape index (κ1) is 22.1. The molecule has 0 aliphatic rings. The maximum absolute atomic E-state index is 5.99. The van der Waals surface area contributed by atoms with Gasteiger partial charge in [-0.1, -0.05) is 78.0 Å². The summed E-state index contributed by atoms with van der Waals surface area (Å²) >= 11 is 1.56. The summed E-state index contributed by atoms with van der Waals surface area (Å²) in [7, 11) is 0.